The Labute approximate surface area is 165 Å². The Hall–Kier alpha value is -2.64. The molecule has 0 unspecified atom stereocenters. The van der Waals surface area contributed by atoms with Gasteiger partial charge in [0, 0.05) is 49.8 Å². The van der Waals surface area contributed by atoms with Gasteiger partial charge in [-0.3, -0.25) is 19.7 Å². The van der Waals surface area contributed by atoms with Crippen LogP contribution in [0.2, 0.25) is 0 Å². The van der Waals surface area contributed by atoms with Crippen molar-refractivity contribution in [1.29, 1.82) is 0 Å². The first kappa shape index (κ1) is 20.1. The minimum Gasteiger partial charge on any atom is -0.366 e. The molecule has 0 saturated carbocycles. The molecule has 2 amide bonds. The molecule has 2 aliphatic heterocycles. The number of nitrogens with zero attached hydrogens (tertiary/aromatic N) is 3. The van der Waals surface area contributed by atoms with E-state index in [0.29, 0.717) is 37.2 Å². The van der Waals surface area contributed by atoms with Crippen LogP contribution in [0.3, 0.4) is 0 Å². The van der Waals surface area contributed by atoms with E-state index in [2.05, 4.69) is 5.32 Å². The minimum atomic E-state index is -0.416. The maximum absolute atomic E-state index is 12.6. The molecule has 28 heavy (non-hydrogen) atoms. The van der Waals surface area contributed by atoms with Crippen molar-refractivity contribution in [2.45, 2.75) is 45.6 Å². The number of nitrogens with one attached hydrogen (secondary N) is 1. The monoisotopic (exact) mass is 388 g/mol. The van der Waals surface area contributed by atoms with Crippen LogP contribution in [0.4, 0.5) is 11.4 Å². The Bertz CT molecular complexity index is 751. The molecule has 1 aromatic carbocycles. The van der Waals surface area contributed by atoms with Gasteiger partial charge in [-0.1, -0.05) is 13.8 Å². The van der Waals surface area contributed by atoms with Gasteiger partial charge in [-0.2, -0.15) is 0 Å². The number of rotatable bonds is 5. The lowest BCUT2D eigenvalue weighted by molar-refractivity contribution is -0.384. The molecule has 0 bridgehead atoms. The van der Waals surface area contributed by atoms with Crippen molar-refractivity contribution in [3.05, 3.63) is 33.9 Å². The standard InChI is InChI=1S/C20H28N4O4/c1-14(2)20(26)23-11-7-16(8-12-23)21-19(25)15-5-6-17(18(13-15)24(27)28)22-9-3-4-10-22/h5-6,13-14,16H,3-4,7-12H2,1-2H3,(H,21,25). The molecule has 8 heteroatoms. The van der Waals surface area contributed by atoms with Crippen LogP contribution in [0.1, 0.15) is 49.9 Å². The minimum absolute atomic E-state index is 0.0214. The first-order valence-corrected chi connectivity index (χ1v) is 10.00. The van der Waals surface area contributed by atoms with Gasteiger partial charge in [-0.15, -0.1) is 0 Å². The van der Waals surface area contributed by atoms with E-state index in [1.807, 2.05) is 23.6 Å². The quantitative estimate of drug-likeness (QED) is 0.618. The number of benzene rings is 1. The zero-order valence-corrected chi connectivity index (χ0v) is 16.5. The second-order valence-corrected chi connectivity index (χ2v) is 7.88. The van der Waals surface area contributed by atoms with Crippen molar-refractivity contribution in [1.82, 2.24) is 10.2 Å². The van der Waals surface area contributed by atoms with Crippen LogP contribution in [0.15, 0.2) is 18.2 Å². The summed E-state index contributed by atoms with van der Waals surface area (Å²) in [5.41, 5.74) is 0.863. The SMILES string of the molecule is CC(C)C(=O)N1CCC(NC(=O)c2ccc(N3CCCC3)c([N+](=O)[O-])c2)CC1. The van der Waals surface area contributed by atoms with Crippen molar-refractivity contribution >= 4 is 23.2 Å². The molecule has 3 rings (SSSR count). The largest absolute Gasteiger partial charge is 0.366 e. The second-order valence-electron chi connectivity index (χ2n) is 7.88. The third kappa shape index (κ3) is 4.43. The van der Waals surface area contributed by atoms with Crippen LogP contribution in [0.5, 0.6) is 0 Å². The van der Waals surface area contributed by atoms with Gasteiger partial charge in [0.05, 0.1) is 4.92 Å². The number of anilines is 1. The van der Waals surface area contributed by atoms with E-state index in [9.17, 15) is 19.7 Å². The lowest BCUT2D eigenvalue weighted by Gasteiger charge is -2.33. The van der Waals surface area contributed by atoms with Crippen molar-refractivity contribution in [3.8, 4) is 0 Å². The van der Waals surface area contributed by atoms with Crippen LogP contribution in [0.25, 0.3) is 0 Å². The molecular weight excluding hydrogens is 360 g/mol. The van der Waals surface area contributed by atoms with E-state index >= 15 is 0 Å². The highest BCUT2D eigenvalue weighted by Gasteiger charge is 2.27. The fraction of sp³-hybridized carbons (Fsp3) is 0.600. The number of carbonyl (C=O) groups is 2. The number of amides is 2. The summed E-state index contributed by atoms with van der Waals surface area (Å²) in [4.78, 5) is 39.6. The molecule has 0 aromatic heterocycles. The Kier molecular flexibility index (Phi) is 6.16. The maximum Gasteiger partial charge on any atom is 0.293 e. The average molecular weight is 388 g/mol. The predicted molar refractivity (Wildman–Crippen MR) is 106 cm³/mol. The van der Waals surface area contributed by atoms with Crippen LogP contribution in [-0.4, -0.2) is 53.9 Å². The van der Waals surface area contributed by atoms with Crippen molar-refractivity contribution in [2.75, 3.05) is 31.1 Å². The van der Waals surface area contributed by atoms with Crippen molar-refractivity contribution in [3.63, 3.8) is 0 Å². The lowest BCUT2D eigenvalue weighted by atomic mass is 10.0. The Morgan fingerprint density at radius 3 is 2.36 bits per heavy atom. The van der Waals surface area contributed by atoms with Crippen molar-refractivity contribution in [2.24, 2.45) is 5.92 Å². The highest BCUT2D eigenvalue weighted by molar-refractivity contribution is 5.96. The summed E-state index contributed by atoms with van der Waals surface area (Å²) in [5.74, 6) is -0.191. The number of likely N-dealkylation sites (tertiary alicyclic amines) is 1. The molecule has 1 N–H and O–H groups in total. The van der Waals surface area contributed by atoms with E-state index in [0.717, 1.165) is 25.9 Å². The highest BCUT2D eigenvalue weighted by atomic mass is 16.6. The fourth-order valence-electron chi connectivity index (χ4n) is 3.91. The molecule has 2 saturated heterocycles. The summed E-state index contributed by atoms with van der Waals surface area (Å²) in [5, 5.41) is 14.5. The van der Waals surface area contributed by atoms with Crippen molar-refractivity contribution < 1.29 is 14.5 Å². The molecule has 0 atom stereocenters. The van der Waals surface area contributed by atoms with Gasteiger partial charge >= 0.3 is 0 Å². The molecule has 0 spiro atoms. The Morgan fingerprint density at radius 2 is 1.79 bits per heavy atom. The fourth-order valence-corrected chi connectivity index (χ4v) is 3.91. The van der Waals surface area contributed by atoms with E-state index in [4.69, 9.17) is 0 Å². The summed E-state index contributed by atoms with van der Waals surface area (Å²) in [7, 11) is 0. The van der Waals surface area contributed by atoms with Crippen LogP contribution < -0.4 is 10.2 Å². The summed E-state index contributed by atoms with van der Waals surface area (Å²) >= 11 is 0. The summed E-state index contributed by atoms with van der Waals surface area (Å²) < 4.78 is 0. The van der Waals surface area contributed by atoms with Gasteiger partial charge in [-0.25, -0.2) is 0 Å². The molecule has 0 aliphatic carbocycles. The topological polar surface area (TPSA) is 95.8 Å². The van der Waals surface area contributed by atoms with E-state index in [1.165, 1.54) is 6.07 Å². The number of hydrogen-bond acceptors (Lipinski definition) is 5. The Balaban J connectivity index is 1.64. The molecule has 1 aromatic rings. The second kappa shape index (κ2) is 8.58. The van der Waals surface area contributed by atoms with E-state index < -0.39 is 4.92 Å². The van der Waals surface area contributed by atoms with Gasteiger partial charge in [0.2, 0.25) is 5.91 Å². The number of nitro benzene ring substituents is 1. The average Bonchev–Trinajstić information content (AvgIpc) is 3.22. The molecule has 0 radical (unpaired) electrons. The maximum atomic E-state index is 12.6. The van der Waals surface area contributed by atoms with Gasteiger partial charge < -0.3 is 15.1 Å². The normalized spacial score (nSPS) is 17.8. The van der Waals surface area contributed by atoms with E-state index in [-0.39, 0.29) is 29.5 Å². The first-order chi connectivity index (χ1) is 13.4. The number of nitro groups is 1. The van der Waals surface area contributed by atoms with Gasteiger partial charge in [0.15, 0.2) is 0 Å². The number of hydrogen-bond donors (Lipinski definition) is 1. The van der Waals surface area contributed by atoms with E-state index in [1.54, 1.807) is 12.1 Å². The number of carbonyl (C=O) groups excluding carboxylic acids is 2. The zero-order chi connectivity index (χ0) is 20.3. The predicted octanol–water partition coefficient (Wildman–Crippen LogP) is 2.57. The Morgan fingerprint density at radius 1 is 1.14 bits per heavy atom. The number of piperidine rings is 1. The summed E-state index contributed by atoms with van der Waals surface area (Å²) in [6, 6.07) is 4.69. The highest BCUT2D eigenvalue weighted by Crippen LogP contribution is 2.31. The molecule has 2 heterocycles. The molecule has 8 nitrogen and oxygen atoms in total. The lowest BCUT2D eigenvalue weighted by Crippen LogP contribution is -2.47. The van der Waals surface area contributed by atoms with Crippen LogP contribution in [-0.2, 0) is 4.79 Å². The third-order valence-corrected chi connectivity index (χ3v) is 5.52. The smallest absolute Gasteiger partial charge is 0.293 e. The third-order valence-electron chi connectivity index (χ3n) is 5.52. The first-order valence-electron chi connectivity index (χ1n) is 10.00. The molecule has 152 valence electrons. The molecule has 2 fully saturated rings. The zero-order valence-electron chi connectivity index (χ0n) is 16.5. The summed E-state index contributed by atoms with van der Waals surface area (Å²) in [6.45, 7) is 6.62. The molecular formula is C20H28N4O4. The molecule has 2 aliphatic rings. The van der Waals surface area contributed by atoms with Gasteiger partial charge in [0.25, 0.3) is 11.6 Å². The summed E-state index contributed by atoms with van der Waals surface area (Å²) in [6.07, 6.45) is 3.44. The van der Waals surface area contributed by atoms with Crippen LogP contribution in [0, 0.1) is 16.0 Å². The van der Waals surface area contributed by atoms with Crippen LogP contribution >= 0.6 is 0 Å². The van der Waals surface area contributed by atoms with Gasteiger partial charge in [-0.05, 0) is 37.8 Å². The van der Waals surface area contributed by atoms with Gasteiger partial charge in [0.1, 0.15) is 5.69 Å².